The monoisotopic (exact) mass is 378 g/mol. The van der Waals surface area contributed by atoms with Crippen molar-refractivity contribution in [1.82, 2.24) is 0 Å². The standard InChI is InChI=1S/C22H18OSe/c1-23-19-13-11-17(12-14-19)22-20-10-6-5-9-18(20)15-21(24-22)16-7-3-2-4-8-16/h2-15,22H,1H3. The molecule has 0 spiro atoms. The Hall–Kier alpha value is -2.28. The summed E-state index contributed by atoms with van der Waals surface area (Å²) in [5.74, 6) is 0.911. The molecule has 1 atom stereocenters. The zero-order valence-electron chi connectivity index (χ0n) is 13.5. The molecule has 1 aliphatic heterocycles. The van der Waals surface area contributed by atoms with Crippen molar-refractivity contribution in [2.24, 2.45) is 0 Å². The molecular formula is C22H18OSe. The fourth-order valence-corrected chi connectivity index (χ4v) is 5.87. The summed E-state index contributed by atoms with van der Waals surface area (Å²) in [7, 11) is 1.71. The van der Waals surface area contributed by atoms with Gasteiger partial charge in [0.15, 0.2) is 0 Å². The molecule has 1 aliphatic rings. The molecule has 0 saturated carbocycles. The van der Waals surface area contributed by atoms with Gasteiger partial charge in [-0.3, -0.25) is 0 Å². The Labute approximate surface area is 149 Å². The summed E-state index contributed by atoms with van der Waals surface area (Å²) in [6, 6.07) is 28.1. The molecular weight excluding hydrogens is 359 g/mol. The minimum atomic E-state index is 0.351. The molecule has 24 heavy (non-hydrogen) atoms. The van der Waals surface area contributed by atoms with E-state index in [1.165, 1.54) is 26.7 Å². The van der Waals surface area contributed by atoms with Crippen molar-refractivity contribution in [3.63, 3.8) is 0 Å². The van der Waals surface area contributed by atoms with Gasteiger partial charge >= 0.3 is 149 Å². The Bertz CT molecular complexity index is 866. The molecule has 0 aromatic heterocycles. The topological polar surface area (TPSA) is 9.23 Å². The van der Waals surface area contributed by atoms with E-state index >= 15 is 0 Å². The first kappa shape index (κ1) is 15.3. The summed E-state index contributed by atoms with van der Waals surface area (Å²) in [4.78, 5) is 0.444. The fraction of sp³-hybridized carbons (Fsp3) is 0.0909. The number of rotatable bonds is 3. The van der Waals surface area contributed by atoms with E-state index in [4.69, 9.17) is 4.74 Å². The third kappa shape index (κ3) is 2.91. The Morgan fingerprint density at radius 1 is 0.792 bits per heavy atom. The van der Waals surface area contributed by atoms with Crippen LogP contribution in [0.1, 0.15) is 27.1 Å². The summed E-state index contributed by atoms with van der Waals surface area (Å²) >= 11 is 0.351. The van der Waals surface area contributed by atoms with E-state index in [0.717, 1.165) is 5.75 Å². The maximum absolute atomic E-state index is 5.31. The average molecular weight is 377 g/mol. The molecule has 0 amide bonds. The number of methoxy groups -OCH3 is 1. The fourth-order valence-electron chi connectivity index (χ4n) is 3.03. The average Bonchev–Trinajstić information content (AvgIpc) is 2.68. The molecule has 0 N–H and O–H groups in total. The summed E-state index contributed by atoms with van der Waals surface area (Å²) < 4.78 is 6.77. The molecule has 3 aromatic carbocycles. The second kappa shape index (κ2) is 6.68. The minimum absolute atomic E-state index is 0.351. The van der Waals surface area contributed by atoms with Crippen LogP contribution >= 0.6 is 0 Å². The van der Waals surface area contributed by atoms with Crippen LogP contribution in [0.2, 0.25) is 0 Å². The zero-order chi connectivity index (χ0) is 16.4. The van der Waals surface area contributed by atoms with E-state index in [0.29, 0.717) is 19.8 Å². The Kier molecular flexibility index (Phi) is 4.25. The van der Waals surface area contributed by atoms with Crippen molar-refractivity contribution in [2.45, 2.75) is 4.82 Å². The summed E-state index contributed by atoms with van der Waals surface area (Å²) in [5, 5.41) is 0. The number of benzene rings is 3. The van der Waals surface area contributed by atoms with Crippen LogP contribution in [0.5, 0.6) is 5.75 Å². The van der Waals surface area contributed by atoms with Crippen molar-refractivity contribution in [1.29, 1.82) is 0 Å². The van der Waals surface area contributed by atoms with E-state index in [2.05, 4.69) is 84.9 Å². The third-order valence-electron chi connectivity index (χ3n) is 4.29. The Morgan fingerprint density at radius 3 is 2.25 bits per heavy atom. The van der Waals surface area contributed by atoms with Gasteiger partial charge in [0.2, 0.25) is 0 Å². The van der Waals surface area contributed by atoms with Crippen molar-refractivity contribution >= 4 is 25.5 Å². The molecule has 4 rings (SSSR count). The number of hydrogen-bond donors (Lipinski definition) is 0. The van der Waals surface area contributed by atoms with Gasteiger partial charge in [-0.2, -0.15) is 0 Å². The van der Waals surface area contributed by atoms with Crippen LogP contribution in [0.15, 0.2) is 78.9 Å². The van der Waals surface area contributed by atoms with E-state index in [9.17, 15) is 0 Å². The molecule has 0 bridgehead atoms. The predicted octanol–water partition coefficient (Wildman–Crippen LogP) is 5.00. The van der Waals surface area contributed by atoms with Crippen LogP contribution in [-0.4, -0.2) is 22.1 Å². The maximum atomic E-state index is 5.31. The summed E-state index contributed by atoms with van der Waals surface area (Å²) in [6.07, 6.45) is 2.37. The number of fused-ring (bicyclic) bond motifs is 1. The van der Waals surface area contributed by atoms with Gasteiger partial charge in [-0.05, 0) is 0 Å². The van der Waals surface area contributed by atoms with Crippen LogP contribution in [0.3, 0.4) is 0 Å². The Morgan fingerprint density at radius 2 is 1.50 bits per heavy atom. The first-order chi connectivity index (χ1) is 11.8. The molecule has 3 aromatic rings. The van der Waals surface area contributed by atoms with Gasteiger partial charge in [0.25, 0.3) is 0 Å². The number of hydrogen-bond acceptors (Lipinski definition) is 1. The zero-order valence-corrected chi connectivity index (χ0v) is 15.2. The molecule has 118 valence electrons. The normalized spacial score (nSPS) is 16.2. The van der Waals surface area contributed by atoms with Crippen molar-refractivity contribution in [3.05, 3.63) is 101 Å². The molecule has 1 nitrogen and oxygen atoms in total. The first-order valence-electron chi connectivity index (χ1n) is 8.02. The molecule has 0 fully saturated rings. The van der Waals surface area contributed by atoms with E-state index in [1.54, 1.807) is 7.11 Å². The SMILES string of the molecule is COc1ccc(C2[Se]C(c3ccccc3)=Cc3ccccc32)cc1. The second-order valence-electron chi connectivity index (χ2n) is 5.77. The van der Waals surface area contributed by atoms with Crippen molar-refractivity contribution in [3.8, 4) is 5.75 Å². The van der Waals surface area contributed by atoms with Gasteiger partial charge in [-0.25, -0.2) is 0 Å². The van der Waals surface area contributed by atoms with Crippen LogP contribution in [0.4, 0.5) is 0 Å². The van der Waals surface area contributed by atoms with Gasteiger partial charge in [0.05, 0.1) is 0 Å². The summed E-state index contributed by atoms with van der Waals surface area (Å²) in [6.45, 7) is 0. The quantitative estimate of drug-likeness (QED) is 0.584. The van der Waals surface area contributed by atoms with E-state index in [-0.39, 0.29) is 0 Å². The van der Waals surface area contributed by atoms with E-state index in [1.807, 2.05) is 0 Å². The van der Waals surface area contributed by atoms with Crippen molar-refractivity contribution in [2.75, 3.05) is 7.11 Å². The molecule has 0 aliphatic carbocycles. The summed E-state index contributed by atoms with van der Waals surface area (Å²) in [5.41, 5.74) is 5.47. The molecule has 1 heterocycles. The van der Waals surface area contributed by atoms with Crippen molar-refractivity contribution < 1.29 is 4.74 Å². The van der Waals surface area contributed by atoms with Gasteiger partial charge in [-0.15, -0.1) is 0 Å². The first-order valence-corrected chi connectivity index (χ1v) is 9.86. The molecule has 2 heteroatoms. The molecule has 0 saturated heterocycles. The van der Waals surface area contributed by atoms with E-state index < -0.39 is 0 Å². The van der Waals surface area contributed by atoms with Crippen LogP contribution in [0.25, 0.3) is 10.5 Å². The van der Waals surface area contributed by atoms with Crippen LogP contribution in [0, 0.1) is 0 Å². The van der Waals surface area contributed by atoms with Crippen LogP contribution < -0.4 is 4.74 Å². The Balaban J connectivity index is 1.78. The van der Waals surface area contributed by atoms with Gasteiger partial charge < -0.3 is 0 Å². The van der Waals surface area contributed by atoms with Gasteiger partial charge in [0.1, 0.15) is 0 Å². The predicted molar refractivity (Wildman–Crippen MR) is 101 cm³/mol. The van der Waals surface area contributed by atoms with Gasteiger partial charge in [0, 0.05) is 0 Å². The molecule has 1 unspecified atom stereocenters. The third-order valence-corrected chi connectivity index (χ3v) is 7.16. The molecule has 0 radical (unpaired) electrons. The second-order valence-corrected chi connectivity index (χ2v) is 8.18. The van der Waals surface area contributed by atoms with Crippen LogP contribution in [-0.2, 0) is 0 Å². The van der Waals surface area contributed by atoms with Gasteiger partial charge in [-0.1, -0.05) is 0 Å². The number of ether oxygens (including phenoxy) is 1.